The van der Waals surface area contributed by atoms with Gasteiger partial charge in [-0.2, -0.15) is 0 Å². The number of rotatable bonds is 5. The summed E-state index contributed by atoms with van der Waals surface area (Å²) < 4.78 is 1.91. The van der Waals surface area contributed by atoms with Crippen LogP contribution in [0, 0.1) is 6.92 Å². The minimum Gasteiger partial charge on any atom is -0.351 e. The van der Waals surface area contributed by atoms with E-state index in [1.165, 1.54) is 0 Å². The molecule has 0 saturated carbocycles. The molecule has 0 bridgehead atoms. The quantitative estimate of drug-likeness (QED) is 0.701. The van der Waals surface area contributed by atoms with E-state index in [0.29, 0.717) is 26.2 Å². The first-order chi connectivity index (χ1) is 8.27. The van der Waals surface area contributed by atoms with Crippen LogP contribution in [-0.4, -0.2) is 45.8 Å². The van der Waals surface area contributed by atoms with Gasteiger partial charge in [-0.3, -0.25) is 4.40 Å². The summed E-state index contributed by atoms with van der Waals surface area (Å²) in [5, 5.41) is 8.17. The number of aromatic nitrogens is 4. The molecule has 0 radical (unpaired) electrons. The molecular weight excluding hydrogens is 218 g/mol. The summed E-state index contributed by atoms with van der Waals surface area (Å²) in [5.74, 6) is 1.62. The van der Waals surface area contributed by atoms with Crippen LogP contribution in [0.2, 0.25) is 0 Å². The average Bonchev–Trinajstić information content (AvgIpc) is 2.71. The number of nitrogens with two attached hydrogens (primary N) is 2. The SMILES string of the molecule is Cc1nnc2c(N(CCN)CCN)nccn12. The second-order valence-corrected chi connectivity index (χ2v) is 3.76. The summed E-state index contributed by atoms with van der Waals surface area (Å²) in [6.07, 6.45) is 3.58. The number of hydrogen-bond acceptors (Lipinski definition) is 6. The number of nitrogens with zero attached hydrogens (tertiary/aromatic N) is 5. The minimum atomic E-state index is 0.551. The first kappa shape index (κ1) is 11.7. The molecule has 0 aromatic carbocycles. The van der Waals surface area contributed by atoms with Gasteiger partial charge in [0.15, 0.2) is 5.82 Å². The summed E-state index contributed by atoms with van der Waals surface area (Å²) in [6.45, 7) is 4.41. The van der Waals surface area contributed by atoms with Gasteiger partial charge in [0.2, 0.25) is 5.65 Å². The van der Waals surface area contributed by atoms with Crippen LogP contribution in [0.4, 0.5) is 5.82 Å². The smallest absolute Gasteiger partial charge is 0.203 e. The lowest BCUT2D eigenvalue weighted by molar-refractivity contribution is 0.768. The molecule has 0 unspecified atom stereocenters. The highest BCUT2D eigenvalue weighted by atomic mass is 15.3. The van der Waals surface area contributed by atoms with Gasteiger partial charge in [0.1, 0.15) is 5.82 Å². The van der Waals surface area contributed by atoms with E-state index in [1.54, 1.807) is 6.20 Å². The third kappa shape index (κ3) is 2.20. The van der Waals surface area contributed by atoms with Crippen molar-refractivity contribution in [2.24, 2.45) is 11.5 Å². The maximum atomic E-state index is 5.59. The molecule has 0 atom stereocenters. The topological polar surface area (TPSA) is 98.4 Å². The molecule has 0 saturated heterocycles. The summed E-state index contributed by atoms with van der Waals surface area (Å²) in [7, 11) is 0. The van der Waals surface area contributed by atoms with Crippen molar-refractivity contribution in [3.05, 3.63) is 18.2 Å². The van der Waals surface area contributed by atoms with E-state index in [1.807, 2.05) is 22.4 Å². The van der Waals surface area contributed by atoms with Crippen molar-refractivity contribution in [1.29, 1.82) is 0 Å². The van der Waals surface area contributed by atoms with E-state index in [0.717, 1.165) is 17.3 Å². The second kappa shape index (κ2) is 5.07. The maximum Gasteiger partial charge on any atom is 0.203 e. The molecule has 2 aromatic rings. The van der Waals surface area contributed by atoms with E-state index in [2.05, 4.69) is 15.2 Å². The summed E-state index contributed by atoms with van der Waals surface area (Å²) in [6, 6.07) is 0. The van der Waals surface area contributed by atoms with Gasteiger partial charge in [-0.1, -0.05) is 0 Å². The first-order valence-corrected chi connectivity index (χ1v) is 5.59. The molecule has 0 amide bonds. The van der Waals surface area contributed by atoms with Crippen molar-refractivity contribution in [3.63, 3.8) is 0 Å². The lowest BCUT2D eigenvalue weighted by atomic mass is 10.4. The molecular formula is C10H17N7. The molecule has 2 rings (SSSR count). The van der Waals surface area contributed by atoms with Gasteiger partial charge in [0, 0.05) is 38.6 Å². The molecule has 92 valence electrons. The Balaban J connectivity index is 2.44. The molecule has 7 heteroatoms. The lowest BCUT2D eigenvalue weighted by Crippen LogP contribution is -2.34. The highest BCUT2D eigenvalue weighted by Gasteiger charge is 2.13. The zero-order valence-corrected chi connectivity index (χ0v) is 9.87. The van der Waals surface area contributed by atoms with Crippen LogP contribution in [0.3, 0.4) is 0 Å². The fourth-order valence-corrected chi connectivity index (χ4v) is 1.79. The van der Waals surface area contributed by atoms with Crippen LogP contribution in [0.15, 0.2) is 12.4 Å². The van der Waals surface area contributed by atoms with Crippen LogP contribution >= 0.6 is 0 Å². The molecule has 0 aliphatic heterocycles. The fraction of sp³-hybridized carbons (Fsp3) is 0.500. The van der Waals surface area contributed by atoms with E-state index in [-0.39, 0.29) is 0 Å². The first-order valence-electron chi connectivity index (χ1n) is 5.59. The predicted molar refractivity (Wildman–Crippen MR) is 65.8 cm³/mol. The lowest BCUT2D eigenvalue weighted by Gasteiger charge is -2.22. The van der Waals surface area contributed by atoms with Crippen LogP contribution in [0.1, 0.15) is 5.82 Å². The molecule has 0 fully saturated rings. The van der Waals surface area contributed by atoms with Crippen LogP contribution < -0.4 is 16.4 Å². The Kier molecular flexibility index (Phi) is 3.50. The largest absolute Gasteiger partial charge is 0.351 e. The van der Waals surface area contributed by atoms with Crippen molar-refractivity contribution < 1.29 is 0 Å². The van der Waals surface area contributed by atoms with E-state index >= 15 is 0 Å². The minimum absolute atomic E-state index is 0.551. The second-order valence-electron chi connectivity index (χ2n) is 3.76. The van der Waals surface area contributed by atoms with Crippen molar-refractivity contribution in [1.82, 2.24) is 19.6 Å². The third-order valence-corrected chi connectivity index (χ3v) is 2.58. The molecule has 0 aliphatic rings. The molecule has 4 N–H and O–H groups in total. The summed E-state index contributed by atoms with van der Waals surface area (Å²) in [5.41, 5.74) is 11.9. The van der Waals surface area contributed by atoms with Gasteiger partial charge >= 0.3 is 0 Å². The highest BCUT2D eigenvalue weighted by Crippen LogP contribution is 2.16. The monoisotopic (exact) mass is 235 g/mol. The summed E-state index contributed by atoms with van der Waals surface area (Å²) >= 11 is 0. The molecule has 2 aromatic heterocycles. The van der Waals surface area contributed by atoms with Crippen molar-refractivity contribution in [3.8, 4) is 0 Å². The van der Waals surface area contributed by atoms with Gasteiger partial charge < -0.3 is 16.4 Å². The zero-order valence-electron chi connectivity index (χ0n) is 9.87. The molecule has 0 aliphatic carbocycles. The molecule has 0 spiro atoms. The molecule has 7 nitrogen and oxygen atoms in total. The van der Waals surface area contributed by atoms with E-state index in [9.17, 15) is 0 Å². The van der Waals surface area contributed by atoms with Crippen LogP contribution in [0.25, 0.3) is 5.65 Å². The number of hydrogen-bond donors (Lipinski definition) is 2. The van der Waals surface area contributed by atoms with Gasteiger partial charge in [-0.15, -0.1) is 10.2 Å². The Bertz CT molecular complexity index is 486. The summed E-state index contributed by atoms with van der Waals surface area (Å²) in [4.78, 5) is 6.38. The van der Waals surface area contributed by atoms with E-state index in [4.69, 9.17) is 11.5 Å². The van der Waals surface area contributed by atoms with Gasteiger partial charge in [0.05, 0.1) is 0 Å². The van der Waals surface area contributed by atoms with Crippen molar-refractivity contribution in [2.75, 3.05) is 31.1 Å². The number of aryl methyl sites for hydroxylation is 1. The van der Waals surface area contributed by atoms with Crippen molar-refractivity contribution in [2.45, 2.75) is 6.92 Å². The standard InChI is InChI=1S/C10H17N7/c1-8-14-15-10-9(13-4-7-17(8)10)16(5-2-11)6-3-12/h4,7H,2-3,5-6,11-12H2,1H3. The predicted octanol–water partition coefficient (Wildman–Crippen LogP) is -0.843. The van der Waals surface area contributed by atoms with Crippen LogP contribution in [-0.2, 0) is 0 Å². The number of fused-ring (bicyclic) bond motifs is 1. The zero-order chi connectivity index (χ0) is 12.3. The molecule has 17 heavy (non-hydrogen) atoms. The van der Waals surface area contributed by atoms with Gasteiger partial charge in [-0.05, 0) is 6.92 Å². The normalized spacial score (nSPS) is 11.0. The maximum absolute atomic E-state index is 5.59. The van der Waals surface area contributed by atoms with Gasteiger partial charge in [0.25, 0.3) is 0 Å². The van der Waals surface area contributed by atoms with Crippen LogP contribution in [0.5, 0.6) is 0 Å². The number of anilines is 1. The Hall–Kier alpha value is -1.73. The molecule has 2 heterocycles. The average molecular weight is 235 g/mol. The van der Waals surface area contributed by atoms with Gasteiger partial charge in [-0.25, -0.2) is 4.98 Å². The Labute approximate surface area is 99.4 Å². The van der Waals surface area contributed by atoms with E-state index < -0.39 is 0 Å². The van der Waals surface area contributed by atoms with Crippen molar-refractivity contribution >= 4 is 11.5 Å². The fourth-order valence-electron chi connectivity index (χ4n) is 1.79. The third-order valence-electron chi connectivity index (χ3n) is 2.58. The highest BCUT2D eigenvalue weighted by molar-refractivity contribution is 5.63. The Morgan fingerprint density at radius 1 is 1.24 bits per heavy atom. The Morgan fingerprint density at radius 3 is 2.59 bits per heavy atom. The Morgan fingerprint density at radius 2 is 1.94 bits per heavy atom.